The van der Waals surface area contributed by atoms with Gasteiger partial charge in [0.25, 0.3) is 0 Å². The highest BCUT2D eigenvalue weighted by atomic mass is 79.9. The Kier molecular flexibility index (Phi) is 6.08. The lowest BCUT2D eigenvalue weighted by Gasteiger charge is -2.18. The van der Waals surface area contributed by atoms with Crippen LogP contribution in [0.25, 0.3) is 0 Å². The molecule has 3 heteroatoms. The Labute approximate surface area is 128 Å². The number of halogens is 1. The van der Waals surface area contributed by atoms with Crippen molar-refractivity contribution in [3.05, 3.63) is 56.7 Å². The Morgan fingerprint density at radius 3 is 2.63 bits per heavy atom. The molecule has 102 valence electrons. The average molecular weight is 338 g/mol. The van der Waals surface area contributed by atoms with Gasteiger partial charge in [-0.25, -0.2) is 0 Å². The minimum Gasteiger partial charge on any atom is -0.310 e. The van der Waals surface area contributed by atoms with Crippen LogP contribution in [0.5, 0.6) is 0 Å². The van der Waals surface area contributed by atoms with Gasteiger partial charge < -0.3 is 5.32 Å². The largest absolute Gasteiger partial charge is 0.310 e. The summed E-state index contributed by atoms with van der Waals surface area (Å²) < 4.78 is 1.24. The Morgan fingerprint density at radius 2 is 2.00 bits per heavy atom. The van der Waals surface area contributed by atoms with Crippen LogP contribution in [-0.2, 0) is 6.42 Å². The van der Waals surface area contributed by atoms with Crippen LogP contribution in [0.15, 0.2) is 45.6 Å². The molecule has 0 spiro atoms. The number of benzene rings is 1. The van der Waals surface area contributed by atoms with E-state index in [2.05, 4.69) is 69.3 Å². The zero-order chi connectivity index (χ0) is 13.5. The smallest absolute Gasteiger partial charge is 0.0342 e. The van der Waals surface area contributed by atoms with Gasteiger partial charge in [0.05, 0.1) is 0 Å². The lowest BCUT2D eigenvalue weighted by atomic mass is 10.0. The molecule has 0 radical (unpaired) electrons. The summed E-state index contributed by atoms with van der Waals surface area (Å²) in [6.45, 7) is 3.28. The Balaban J connectivity index is 2.00. The highest BCUT2D eigenvalue weighted by Gasteiger charge is 2.14. The molecule has 1 aromatic carbocycles. The third kappa shape index (κ3) is 4.44. The van der Waals surface area contributed by atoms with Crippen molar-refractivity contribution >= 4 is 27.3 Å². The monoisotopic (exact) mass is 337 g/mol. The fourth-order valence-corrected chi connectivity index (χ4v) is 3.81. The summed E-state index contributed by atoms with van der Waals surface area (Å²) in [6, 6.07) is 11.2. The fraction of sp³-hybridized carbons (Fsp3) is 0.375. The molecule has 0 saturated heterocycles. The van der Waals surface area contributed by atoms with Crippen molar-refractivity contribution in [2.75, 3.05) is 6.54 Å². The predicted molar refractivity (Wildman–Crippen MR) is 87.8 cm³/mol. The van der Waals surface area contributed by atoms with Gasteiger partial charge in [-0.05, 0) is 58.2 Å². The maximum atomic E-state index is 3.66. The van der Waals surface area contributed by atoms with E-state index in [0.717, 1.165) is 19.4 Å². The van der Waals surface area contributed by atoms with Crippen LogP contribution in [0.2, 0.25) is 0 Å². The van der Waals surface area contributed by atoms with Crippen molar-refractivity contribution in [2.24, 2.45) is 0 Å². The molecule has 1 atom stereocenters. The first kappa shape index (κ1) is 14.8. The molecule has 0 saturated carbocycles. The molecule has 0 bridgehead atoms. The lowest BCUT2D eigenvalue weighted by Crippen LogP contribution is -2.22. The van der Waals surface area contributed by atoms with Gasteiger partial charge in [-0.2, -0.15) is 11.3 Å². The van der Waals surface area contributed by atoms with Crippen LogP contribution in [0, 0.1) is 0 Å². The second kappa shape index (κ2) is 7.83. The number of thiophene rings is 1. The first-order valence-electron chi connectivity index (χ1n) is 6.80. The van der Waals surface area contributed by atoms with Gasteiger partial charge in [0.15, 0.2) is 0 Å². The summed E-state index contributed by atoms with van der Waals surface area (Å²) >= 11 is 5.42. The van der Waals surface area contributed by atoms with E-state index in [-0.39, 0.29) is 0 Å². The van der Waals surface area contributed by atoms with Gasteiger partial charge in [-0.1, -0.05) is 37.3 Å². The minimum absolute atomic E-state index is 0.445. The maximum absolute atomic E-state index is 3.66. The van der Waals surface area contributed by atoms with Crippen LogP contribution >= 0.6 is 27.3 Å². The number of rotatable bonds is 7. The molecular weight excluding hydrogens is 318 g/mol. The highest BCUT2D eigenvalue weighted by Crippen LogP contribution is 2.30. The van der Waals surface area contributed by atoms with E-state index in [1.54, 1.807) is 11.3 Å². The van der Waals surface area contributed by atoms with Crippen LogP contribution in [-0.4, -0.2) is 6.54 Å². The van der Waals surface area contributed by atoms with Crippen LogP contribution < -0.4 is 5.32 Å². The summed E-state index contributed by atoms with van der Waals surface area (Å²) in [5.74, 6) is 0. The molecule has 1 heterocycles. The standard InChI is InChI=1S/C16H20BrNS/c1-2-10-18-16(14-11-19-12-15(14)17)9-8-13-6-4-3-5-7-13/h3-7,11-12,16,18H,2,8-10H2,1H3. The molecule has 19 heavy (non-hydrogen) atoms. The first-order valence-corrected chi connectivity index (χ1v) is 8.53. The Hall–Kier alpha value is -0.640. The zero-order valence-electron chi connectivity index (χ0n) is 11.2. The molecule has 0 aliphatic heterocycles. The average Bonchev–Trinajstić information content (AvgIpc) is 2.86. The molecule has 0 aliphatic rings. The van der Waals surface area contributed by atoms with E-state index in [0.29, 0.717) is 6.04 Å². The van der Waals surface area contributed by atoms with Gasteiger partial charge >= 0.3 is 0 Å². The van der Waals surface area contributed by atoms with Crippen molar-refractivity contribution in [1.82, 2.24) is 5.32 Å². The summed E-state index contributed by atoms with van der Waals surface area (Å²) in [5.41, 5.74) is 2.81. The third-order valence-corrected chi connectivity index (χ3v) is 4.97. The van der Waals surface area contributed by atoms with Crippen LogP contribution in [0.4, 0.5) is 0 Å². The van der Waals surface area contributed by atoms with E-state index < -0.39 is 0 Å². The Morgan fingerprint density at radius 1 is 1.21 bits per heavy atom. The molecule has 1 nitrogen and oxygen atoms in total. The topological polar surface area (TPSA) is 12.0 Å². The number of hydrogen-bond donors (Lipinski definition) is 1. The molecule has 2 rings (SSSR count). The molecule has 2 aromatic rings. The maximum Gasteiger partial charge on any atom is 0.0342 e. The quantitative estimate of drug-likeness (QED) is 0.733. The minimum atomic E-state index is 0.445. The summed E-state index contributed by atoms with van der Waals surface area (Å²) in [4.78, 5) is 0. The van der Waals surface area contributed by atoms with E-state index in [4.69, 9.17) is 0 Å². The van der Waals surface area contributed by atoms with Crippen LogP contribution in [0.3, 0.4) is 0 Å². The number of hydrogen-bond acceptors (Lipinski definition) is 2. The number of nitrogens with one attached hydrogen (secondary N) is 1. The van der Waals surface area contributed by atoms with Crippen LogP contribution in [0.1, 0.15) is 36.9 Å². The van der Waals surface area contributed by atoms with Gasteiger partial charge in [0.1, 0.15) is 0 Å². The third-order valence-electron chi connectivity index (χ3n) is 3.22. The SMILES string of the molecule is CCCNC(CCc1ccccc1)c1cscc1Br. The molecular formula is C16H20BrNS. The second-order valence-electron chi connectivity index (χ2n) is 4.71. The normalized spacial score (nSPS) is 12.5. The molecule has 0 amide bonds. The second-order valence-corrected chi connectivity index (χ2v) is 6.30. The molecule has 1 N–H and O–H groups in total. The van der Waals surface area contributed by atoms with Crippen molar-refractivity contribution in [3.8, 4) is 0 Å². The zero-order valence-corrected chi connectivity index (χ0v) is 13.6. The van der Waals surface area contributed by atoms with Crippen molar-refractivity contribution in [1.29, 1.82) is 0 Å². The van der Waals surface area contributed by atoms with Crippen molar-refractivity contribution in [2.45, 2.75) is 32.2 Å². The van der Waals surface area contributed by atoms with Gasteiger partial charge in [0, 0.05) is 15.9 Å². The summed E-state index contributed by atoms with van der Waals surface area (Å²) in [5, 5.41) is 8.08. The molecule has 0 fully saturated rings. The van der Waals surface area contributed by atoms with E-state index >= 15 is 0 Å². The summed E-state index contributed by atoms with van der Waals surface area (Å²) in [6.07, 6.45) is 3.42. The predicted octanol–water partition coefficient (Wildman–Crippen LogP) is 5.18. The molecule has 1 unspecified atom stereocenters. The lowest BCUT2D eigenvalue weighted by molar-refractivity contribution is 0.499. The van der Waals surface area contributed by atoms with Gasteiger partial charge in [-0.3, -0.25) is 0 Å². The van der Waals surface area contributed by atoms with Gasteiger partial charge in [0.2, 0.25) is 0 Å². The van der Waals surface area contributed by atoms with E-state index in [1.165, 1.54) is 22.0 Å². The highest BCUT2D eigenvalue weighted by molar-refractivity contribution is 9.10. The Bertz CT molecular complexity index is 481. The van der Waals surface area contributed by atoms with E-state index in [9.17, 15) is 0 Å². The van der Waals surface area contributed by atoms with E-state index in [1.807, 2.05) is 0 Å². The summed E-state index contributed by atoms with van der Waals surface area (Å²) in [7, 11) is 0. The van der Waals surface area contributed by atoms with Crippen molar-refractivity contribution in [3.63, 3.8) is 0 Å². The molecule has 0 aliphatic carbocycles. The first-order chi connectivity index (χ1) is 9.31. The molecule has 1 aromatic heterocycles. The van der Waals surface area contributed by atoms with Crippen molar-refractivity contribution < 1.29 is 0 Å². The van der Waals surface area contributed by atoms with Gasteiger partial charge in [-0.15, -0.1) is 0 Å². The fourth-order valence-electron chi connectivity index (χ4n) is 2.18. The number of aryl methyl sites for hydroxylation is 1.